The predicted molar refractivity (Wildman–Crippen MR) is 71.7 cm³/mol. The Morgan fingerprint density at radius 2 is 2.25 bits per heavy atom. The Bertz CT molecular complexity index is 695. The molecule has 0 fully saturated rings. The minimum absolute atomic E-state index is 0.00735. The van der Waals surface area contributed by atoms with E-state index in [1.54, 1.807) is 24.3 Å². The van der Waals surface area contributed by atoms with E-state index in [1.165, 1.54) is 12.3 Å². The van der Waals surface area contributed by atoms with Crippen LogP contribution in [0.15, 0.2) is 36.5 Å². The number of hydrogen-bond acceptors (Lipinski definition) is 4. The zero-order valence-electron chi connectivity index (χ0n) is 10.2. The van der Waals surface area contributed by atoms with Gasteiger partial charge < -0.3 is 9.84 Å². The van der Waals surface area contributed by atoms with E-state index in [0.717, 1.165) is 0 Å². The number of aromatic nitrogens is 1. The highest BCUT2D eigenvalue weighted by atomic mass is 35.5. The Labute approximate surface area is 120 Å². The Hall–Kier alpha value is -2.58. The van der Waals surface area contributed by atoms with Gasteiger partial charge in [0.2, 0.25) is 0 Å². The molecule has 0 saturated heterocycles. The summed E-state index contributed by atoms with van der Waals surface area (Å²) >= 11 is 5.95. The molecule has 0 aliphatic rings. The van der Waals surface area contributed by atoms with Gasteiger partial charge in [0, 0.05) is 6.20 Å². The summed E-state index contributed by atoms with van der Waals surface area (Å²) in [5.74, 6) is -1.01. The zero-order chi connectivity index (χ0) is 14.5. The molecule has 0 atom stereocenters. The second-order valence-electron chi connectivity index (χ2n) is 3.87. The molecule has 5 nitrogen and oxygen atoms in total. The molecule has 2 rings (SSSR count). The standard InChI is InChI=1S/C14H9ClN2O3/c15-12-3-1-2-11(14(18)19)13(12)20-8-9-4-5-17-10(6-9)7-16/h1-6H,8H2,(H,18,19). The van der Waals surface area contributed by atoms with Crippen LogP contribution in [0.4, 0.5) is 0 Å². The van der Waals surface area contributed by atoms with E-state index >= 15 is 0 Å². The number of ether oxygens (including phenoxy) is 1. The number of aromatic carboxylic acids is 1. The molecule has 2 aromatic rings. The molecule has 100 valence electrons. The summed E-state index contributed by atoms with van der Waals surface area (Å²) in [4.78, 5) is 14.9. The van der Waals surface area contributed by atoms with Crippen molar-refractivity contribution < 1.29 is 14.6 Å². The monoisotopic (exact) mass is 288 g/mol. The average Bonchev–Trinajstić information content (AvgIpc) is 2.45. The molecule has 20 heavy (non-hydrogen) atoms. The van der Waals surface area contributed by atoms with Gasteiger partial charge in [-0.15, -0.1) is 0 Å². The van der Waals surface area contributed by atoms with E-state index in [1.807, 2.05) is 6.07 Å². The first-order valence-electron chi connectivity index (χ1n) is 5.61. The Balaban J connectivity index is 2.23. The number of para-hydroxylation sites is 1. The van der Waals surface area contributed by atoms with Crippen LogP contribution < -0.4 is 4.74 Å². The molecule has 0 radical (unpaired) electrons. The summed E-state index contributed by atoms with van der Waals surface area (Å²) in [7, 11) is 0. The van der Waals surface area contributed by atoms with Crippen molar-refractivity contribution in [2.45, 2.75) is 6.61 Å². The zero-order valence-corrected chi connectivity index (χ0v) is 11.0. The molecule has 1 aromatic heterocycles. The lowest BCUT2D eigenvalue weighted by Crippen LogP contribution is -2.04. The van der Waals surface area contributed by atoms with Crippen molar-refractivity contribution in [3.05, 3.63) is 58.4 Å². The summed E-state index contributed by atoms with van der Waals surface area (Å²) < 4.78 is 5.46. The molecule has 0 amide bonds. The molecule has 1 aromatic carbocycles. The highest BCUT2D eigenvalue weighted by Gasteiger charge is 2.14. The van der Waals surface area contributed by atoms with Crippen molar-refractivity contribution in [1.82, 2.24) is 4.98 Å². The molecule has 0 aliphatic heterocycles. The van der Waals surface area contributed by atoms with Gasteiger partial charge in [0.25, 0.3) is 0 Å². The highest BCUT2D eigenvalue weighted by Crippen LogP contribution is 2.29. The number of halogens is 1. The lowest BCUT2D eigenvalue weighted by Gasteiger charge is -2.10. The minimum Gasteiger partial charge on any atom is -0.486 e. The second-order valence-corrected chi connectivity index (χ2v) is 4.28. The van der Waals surface area contributed by atoms with Gasteiger partial charge in [-0.1, -0.05) is 17.7 Å². The molecular weight excluding hydrogens is 280 g/mol. The van der Waals surface area contributed by atoms with Gasteiger partial charge in [-0.05, 0) is 29.8 Å². The number of pyridine rings is 1. The van der Waals surface area contributed by atoms with Crippen LogP contribution in [-0.2, 0) is 6.61 Å². The Morgan fingerprint density at radius 3 is 2.95 bits per heavy atom. The molecule has 0 saturated carbocycles. The molecular formula is C14H9ClN2O3. The van der Waals surface area contributed by atoms with Crippen LogP contribution in [0.5, 0.6) is 5.75 Å². The summed E-state index contributed by atoms with van der Waals surface area (Å²) in [6, 6.07) is 9.67. The molecule has 1 N–H and O–H groups in total. The first-order valence-corrected chi connectivity index (χ1v) is 5.99. The summed E-state index contributed by atoms with van der Waals surface area (Å²) in [6.07, 6.45) is 1.49. The van der Waals surface area contributed by atoms with Gasteiger partial charge in [0.1, 0.15) is 23.9 Å². The third kappa shape index (κ3) is 3.05. The van der Waals surface area contributed by atoms with E-state index in [4.69, 9.17) is 26.7 Å². The van der Waals surface area contributed by atoms with Crippen LogP contribution in [-0.4, -0.2) is 16.1 Å². The number of benzene rings is 1. The van der Waals surface area contributed by atoms with Gasteiger partial charge in [0.15, 0.2) is 5.75 Å². The van der Waals surface area contributed by atoms with E-state index in [-0.39, 0.29) is 28.6 Å². The van der Waals surface area contributed by atoms with Crippen LogP contribution in [0.25, 0.3) is 0 Å². The molecule has 1 heterocycles. The molecule has 0 unspecified atom stereocenters. The average molecular weight is 289 g/mol. The summed E-state index contributed by atoms with van der Waals surface area (Å²) in [6.45, 7) is 0.0984. The Kier molecular flexibility index (Phi) is 4.18. The maximum Gasteiger partial charge on any atom is 0.339 e. The van der Waals surface area contributed by atoms with Crippen molar-refractivity contribution >= 4 is 17.6 Å². The fourth-order valence-electron chi connectivity index (χ4n) is 1.60. The third-order valence-corrected chi connectivity index (χ3v) is 2.82. The normalized spacial score (nSPS) is 9.80. The van der Waals surface area contributed by atoms with E-state index in [0.29, 0.717) is 5.56 Å². The lowest BCUT2D eigenvalue weighted by atomic mass is 10.2. The lowest BCUT2D eigenvalue weighted by molar-refractivity contribution is 0.0691. The number of carbonyl (C=O) groups is 1. The third-order valence-electron chi connectivity index (χ3n) is 2.52. The number of nitriles is 1. The first kappa shape index (κ1) is 13.8. The van der Waals surface area contributed by atoms with Crippen LogP contribution in [0.3, 0.4) is 0 Å². The minimum atomic E-state index is -1.12. The summed E-state index contributed by atoms with van der Waals surface area (Å²) in [5, 5.41) is 18.1. The van der Waals surface area contributed by atoms with Crippen LogP contribution in [0.1, 0.15) is 21.6 Å². The van der Waals surface area contributed by atoms with Crippen LogP contribution in [0.2, 0.25) is 5.02 Å². The molecule has 0 aliphatic carbocycles. The number of carboxylic acids is 1. The smallest absolute Gasteiger partial charge is 0.339 e. The quantitative estimate of drug-likeness (QED) is 0.935. The number of carboxylic acid groups (broad SMARTS) is 1. The van der Waals surface area contributed by atoms with E-state index < -0.39 is 5.97 Å². The number of nitrogens with zero attached hydrogens (tertiary/aromatic N) is 2. The largest absolute Gasteiger partial charge is 0.486 e. The van der Waals surface area contributed by atoms with Crippen molar-refractivity contribution in [1.29, 1.82) is 5.26 Å². The topological polar surface area (TPSA) is 83.2 Å². The van der Waals surface area contributed by atoms with Gasteiger partial charge in [-0.2, -0.15) is 5.26 Å². The van der Waals surface area contributed by atoms with Crippen LogP contribution >= 0.6 is 11.6 Å². The second kappa shape index (κ2) is 6.04. The van der Waals surface area contributed by atoms with Gasteiger partial charge in [-0.3, -0.25) is 0 Å². The molecule has 0 spiro atoms. The summed E-state index contributed by atoms with van der Waals surface area (Å²) in [5.41, 5.74) is 0.962. The van der Waals surface area contributed by atoms with Crippen molar-refractivity contribution in [2.24, 2.45) is 0 Å². The predicted octanol–water partition coefficient (Wildman–Crippen LogP) is 2.88. The highest BCUT2D eigenvalue weighted by molar-refractivity contribution is 6.32. The number of rotatable bonds is 4. The fraction of sp³-hybridized carbons (Fsp3) is 0.0714. The Morgan fingerprint density at radius 1 is 1.45 bits per heavy atom. The van der Waals surface area contributed by atoms with Crippen molar-refractivity contribution in [3.8, 4) is 11.8 Å². The van der Waals surface area contributed by atoms with Crippen molar-refractivity contribution in [2.75, 3.05) is 0 Å². The maximum atomic E-state index is 11.1. The fourth-order valence-corrected chi connectivity index (χ4v) is 1.83. The van der Waals surface area contributed by atoms with Gasteiger partial charge >= 0.3 is 5.97 Å². The van der Waals surface area contributed by atoms with Gasteiger partial charge in [-0.25, -0.2) is 9.78 Å². The number of hydrogen-bond donors (Lipinski definition) is 1. The molecule has 0 bridgehead atoms. The van der Waals surface area contributed by atoms with Crippen molar-refractivity contribution in [3.63, 3.8) is 0 Å². The van der Waals surface area contributed by atoms with E-state index in [9.17, 15) is 4.79 Å². The van der Waals surface area contributed by atoms with Crippen LogP contribution in [0, 0.1) is 11.3 Å². The first-order chi connectivity index (χ1) is 9.61. The SMILES string of the molecule is N#Cc1cc(COc2c(Cl)cccc2C(=O)O)ccn1. The van der Waals surface area contributed by atoms with E-state index in [2.05, 4.69) is 4.98 Å². The van der Waals surface area contributed by atoms with Gasteiger partial charge in [0.05, 0.1) is 5.02 Å². The molecule has 6 heteroatoms. The maximum absolute atomic E-state index is 11.1.